The molecule has 0 heterocycles. The predicted molar refractivity (Wildman–Crippen MR) is 102 cm³/mol. The topological polar surface area (TPSA) is 71.4 Å². The number of amidine groups is 1. The lowest BCUT2D eigenvalue weighted by Crippen LogP contribution is -2.32. The molecule has 0 aromatic heterocycles. The molecule has 0 unspecified atom stereocenters. The zero-order chi connectivity index (χ0) is 19.1. The Morgan fingerprint density at radius 2 is 1.73 bits per heavy atom. The first-order valence-electron chi connectivity index (χ1n) is 7.94. The van der Waals surface area contributed by atoms with Gasteiger partial charge >= 0.3 is 5.97 Å². The maximum Gasteiger partial charge on any atom is 0.323 e. The van der Waals surface area contributed by atoms with Gasteiger partial charge in [-0.05, 0) is 18.2 Å². The van der Waals surface area contributed by atoms with E-state index < -0.39 is 5.97 Å². The quantitative estimate of drug-likeness (QED) is 0.611. The van der Waals surface area contributed by atoms with Crippen LogP contribution in [0.5, 0.6) is 11.5 Å². The van der Waals surface area contributed by atoms with Gasteiger partial charge in [-0.25, -0.2) is 4.99 Å². The second-order valence-corrected chi connectivity index (χ2v) is 5.57. The number of carboxylic acid groups (broad SMARTS) is 1. The van der Waals surface area contributed by atoms with Crippen LogP contribution in [-0.2, 0) is 4.79 Å². The van der Waals surface area contributed by atoms with E-state index in [2.05, 4.69) is 11.6 Å². The number of likely N-dealkylation sites (N-methyl/N-ethyl adjacent to an activating group) is 1. The van der Waals surface area contributed by atoms with Crippen molar-refractivity contribution in [3.05, 3.63) is 66.2 Å². The molecule has 0 spiro atoms. The summed E-state index contributed by atoms with van der Waals surface area (Å²) in [6.45, 7) is 3.85. The summed E-state index contributed by atoms with van der Waals surface area (Å²) in [5.41, 5.74) is 2.04. The molecule has 0 aliphatic carbocycles. The van der Waals surface area contributed by atoms with E-state index in [1.807, 2.05) is 36.4 Å². The second kappa shape index (κ2) is 8.71. The fraction of sp³-hybridized carbons (Fsp3) is 0.200. The number of methoxy groups -OCH3 is 2. The minimum atomic E-state index is -0.937. The van der Waals surface area contributed by atoms with Crippen molar-refractivity contribution in [2.24, 2.45) is 4.99 Å². The summed E-state index contributed by atoms with van der Waals surface area (Å²) in [6, 6.07) is 14.8. The van der Waals surface area contributed by atoms with Gasteiger partial charge in [0.2, 0.25) is 0 Å². The van der Waals surface area contributed by atoms with Crippen LogP contribution in [0.15, 0.2) is 60.1 Å². The first kappa shape index (κ1) is 19.1. The van der Waals surface area contributed by atoms with Gasteiger partial charge in [0.25, 0.3) is 0 Å². The van der Waals surface area contributed by atoms with Crippen molar-refractivity contribution in [3.8, 4) is 11.5 Å². The largest absolute Gasteiger partial charge is 0.493 e. The Bertz CT molecular complexity index is 816. The maximum absolute atomic E-state index is 11.1. The van der Waals surface area contributed by atoms with E-state index in [0.717, 1.165) is 11.1 Å². The number of nitrogens with zero attached hydrogens (tertiary/aromatic N) is 2. The Morgan fingerprint density at radius 3 is 2.31 bits per heavy atom. The molecule has 0 saturated carbocycles. The maximum atomic E-state index is 11.1. The number of hydrogen-bond donors (Lipinski definition) is 1. The van der Waals surface area contributed by atoms with Gasteiger partial charge in [0.1, 0.15) is 12.4 Å². The molecule has 1 N–H and O–H groups in total. The lowest BCUT2D eigenvalue weighted by Gasteiger charge is -2.20. The smallest absolute Gasteiger partial charge is 0.323 e. The Kier molecular flexibility index (Phi) is 6.38. The highest BCUT2D eigenvalue weighted by molar-refractivity contribution is 6.02. The van der Waals surface area contributed by atoms with Crippen LogP contribution in [0, 0.1) is 0 Å². The molecule has 0 aliphatic heterocycles. The standard InChI is InChI=1S/C20H22N2O4/c1-14(16-10-11-17(25-3)18(12-16)26-4)21-20(22(2)13-19(23)24)15-8-6-5-7-9-15/h5-12H,1,13H2,2-4H3,(H,23,24). The summed E-state index contributed by atoms with van der Waals surface area (Å²) < 4.78 is 10.6. The van der Waals surface area contributed by atoms with Crippen LogP contribution in [0.3, 0.4) is 0 Å². The molecule has 0 amide bonds. The number of carbonyl (C=O) groups is 1. The Hall–Kier alpha value is -3.28. The van der Waals surface area contributed by atoms with Crippen molar-refractivity contribution in [1.82, 2.24) is 4.90 Å². The third-order valence-corrected chi connectivity index (χ3v) is 3.72. The van der Waals surface area contributed by atoms with Crippen molar-refractivity contribution in [1.29, 1.82) is 0 Å². The molecule has 0 atom stereocenters. The van der Waals surface area contributed by atoms with E-state index in [9.17, 15) is 4.79 Å². The fourth-order valence-electron chi connectivity index (χ4n) is 2.44. The average Bonchev–Trinajstić information content (AvgIpc) is 2.65. The molecule has 2 aromatic carbocycles. The highest BCUT2D eigenvalue weighted by atomic mass is 16.5. The molecule has 0 radical (unpaired) electrons. The molecule has 136 valence electrons. The summed E-state index contributed by atoms with van der Waals surface area (Å²) in [5, 5.41) is 9.11. The van der Waals surface area contributed by atoms with Crippen molar-refractivity contribution in [2.45, 2.75) is 0 Å². The normalized spacial score (nSPS) is 11.0. The Labute approximate surface area is 153 Å². The molecule has 0 aliphatic rings. The lowest BCUT2D eigenvalue weighted by atomic mass is 10.1. The van der Waals surface area contributed by atoms with Crippen LogP contribution in [-0.4, -0.2) is 49.6 Å². The number of ether oxygens (including phenoxy) is 2. The molecule has 6 heteroatoms. The first-order valence-corrected chi connectivity index (χ1v) is 7.94. The summed E-state index contributed by atoms with van der Waals surface area (Å²) in [7, 11) is 4.81. The number of carboxylic acids is 1. The number of aliphatic imine (C=N–C) groups is 1. The predicted octanol–water partition coefficient (Wildman–Crippen LogP) is 3.14. The molecule has 26 heavy (non-hydrogen) atoms. The molecule has 0 saturated heterocycles. The van der Waals surface area contributed by atoms with Gasteiger partial charge in [-0.3, -0.25) is 4.79 Å². The van der Waals surface area contributed by atoms with E-state index in [-0.39, 0.29) is 6.54 Å². The van der Waals surface area contributed by atoms with Crippen LogP contribution >= 0.6 is 0 Å². The Morgan fingerprint density at radius 1 is 1.08 bits per heavy atom. The number of aliphatic carboxylic acids is 1. The number of benzene rings is 2. The summed E-state index contributed by atoms with van der Waals surface area (Å²) in [6.07, 6.45) is 0. The average molecular weight is 354 g/mol. The van der Waals surface area contributed by atoms with Crippen molar-refractivity contribution >= 4 is 17.5 Å². The van der Waals surface area contributed by atoms with Crippen molar-refractivity contribution in [3.63, 3.8) is 0 Å². The molecular formula is C20H22N2O4. The van der Waals surface area contributed by atoms with Crippen LogP contribution in [0.25, 0.3) is 5.70 Å². The Balaban J connectivity index is 2.42. The molecule has 0 bridgehead atoms. The van der Waals surface area contributed by atoms with Gasteiger partial charge in [0.05, 0.1) is 19.9 Å². The van der Waals surface area contributed by atoms with Crippen molar-refractivity contribution in [2.75, 3.05) is 27.8 Å². The van der Waals surface area contributed by atoms with E-state index >= 15 is 0 Å². The van der Waals surface area contributed by atoms with Crippen LogP contribution < -0.4 is 9.47 Å². The van der Waals surface area contributed by atoms with Crippen LogP contribution in [0.4, 0.5) is 0 Å². The highest BCUT2D eigenvalue weighted by Crippen LogP contribution is 2.30. The summed E-state index contributed by atoms with van der Waals surface area (Å²) in [5.74, 6) is 0.765. The molecular weight excluding hydrogens is 332 g/mol. The van der Waals surface area contributed by atoms with Gasteiger partial charge in [-0.15, -0.1) is 0 Å². The third-order valence-electron chi connectivity index (χ3n) is 3.72. The highest BCUT2D eigenvalue weighted by Gasteiger charge is 2.14. The molecule has 2 rings (SSSR count). The zero-order valence-corrected chi connectivity index (χ0v) is 15.1. The minimum Gasteiger partial charge on any atom is -0.493 e. The fourth-order valence-corrected chi connectivity index (χ4v) is 2.44. The molecule has 0 fully saturated rings. The summed E-state index contributed by atoms with van der Waals surface area (Å²) in [4.78, 5) is 17.3. The van der Waals surface area contributed by atoms with E-state index in [4.69, 9.17) is 14.6 Å². The third kappa shape index (κ3) is 4.63. The van der Waals surface area contributed by atoms with E-state index in [0.29, 0.717) is 23.0 Å². The SMILES string of the molecule is C=C(N=C(c1ccccc1)N(C)CC(=O)O)c1ccc(OC)c(OC)c1. The zero-order valence-electron chi connectivity index (χ0n) is 15.1. The number of rotatable bonds is 7. The van der Waals surface area contributed by atoms with E-state index in [1.54, 1.807) is 38.3 Å². The van der Waals surface area contributed by atoms with Gasteiger partial charge in [-0.1, -0.05) is 36.9 Å². The van der Waals surface area contributed by atoms with Crippen LogP contribution in [0.2, 0.25) is 0 Å². The number of hydrogen-bond acceptors (Lipinski definition) is 4. The molecule has 2 aromatic rings. The van der Waals surface area contributed by atoms with Gasteiger partial charge < -0.3 is 19.5 Å². The monoisotopic (exact) mass is 354 g/mol. The van der Waals surface area contributed by atoms with E-state index in [1.165, 1.54) is 0 Å². The lowest BCUT2D eigenvalue weighted by molar-refractivity contribution is -0.137. The first-order chi connectivity index (χ1) is 12.5. The van der Waals surface area contributed by atoms with Gasteiger partial charge in [0, 0.05) is 18.2 Å². The van der Waals surface area contributed by atoms with Crippen LogP contribution in [0.1, 0.15) is 11.1 Å². The second-order valence-electron chi connectivity index (χ2n) is 5.57. The van der Waals surface area contributed by atoms with Gasteiger partial charge in [-0.2, -0.15) is 0 Å². The summed E-state index contributed by atoms with van der Waals surface area (Å²) >= 11 is 0. The van der Waals surface area contributed by atoms with Crippen molar-refractivity contribution < 1.29 is 19.4 Å². The minimum absolute atomic E-state index is 0.174. The van der Waals surface area contributed by atoms with Gasteiger partial charge in [0.15, 0.2) is 11.5 Å². The molecule has 6 nitrogen and oxygen atoms in total.